The summed E-state index contributed by atoms with van der Waals surface area (Å²) in [7, 11) is 0. The lowest BCUT2D eigenvalue weighted by atomic mass is 9.91. The normalized spacial score (nSPS) is 38.6. The van der Waals surface area contributed by atoms with Crippen molar-refractivity contribution in [3.63, 3.8) is 0 Å². The topological polar surface area (TPSA) is 110 Å². The number of nitrogens with one attached hydrogen (secondary N) is 1. The third-order valence-corrected chi connectivity index (χ3v) is 3.42. The number of aromatic nitrogens is 2. The van der Waals surface area contributed by atoms with Crippen LogP contribution in [0.4, 0.5) is 4.39 Å². The van der Waals surface area contributed by atoms with Crippen LogP contribution in [0.1, 0.15) is 26.5 Å². The zero-order valence-corrected chi connectivity index (χ0v) is 10.6. The van der Waals surface area contributed by atoms with Crippen molar-refractivity contribution in [3.8, 4) is 0 Å². The summed E-state index contributed by atoms with van der Waals surface area (Å²) in [5.41, 5.74) is 3.02. The molecule has 4 N–H and O–H groups in total. The molecule has 0 aliphatic carbocycles. The fourth-order valence-electron chi connectivity index (χ4n) is 2.22. The number of aromatic amines is 1. The number of hydrogen-bond donors (Lipinski definition) is 3. The van der Waals surface area contributed by atoms with Gasteiger partial charge in [0.05, 0.1) is 5.54 Å². The molecule has 1 saturated heterocycles. The Hall–Kier alpha value is -1.51. The summed E-state index contributed by atoms with van der Waals surface area (Å²) >= 11 is 0. The van der Waals surface area contributed by atoms with Crippen molar-refractivity contribution in [1.29, 1.82) is 0 Å². The molecule has 8 heteroatoms. The number of nitrogens with two attached hydrogens (primary N) is 1. The minimum atomic E-state index is -2.33. The van der Waals surface area contributed by atoms with Crippen molar-refractivity contribution in [2.75, 3.05) is 0 Å². The van der Waals surface area contributed by atoms with E-state index in [-0.39, 0.29) is 6.42 Å². The summed E-state index contributed by atoms with van der Waals surface area (Å²) in [5, 5.41) is 9.94. The zero-order chi connectivity index (χ0) is 14.4. The summed E-state index contributed by atoms with van der Waals surface area (Å²) in [6.07, 6.45) is -1.76. The summed E-state index contributed by atoms with van der Waals surface area (Å²) in [6, 6.07) is 1.09. The highest BCUT2D eigenvalue weighted by atomic mass is 19.2. The van der Waals surface area contributed by atoms with Crippen molar-refractivity contribution in [2.45, 2.75) is 44.0 Å². The standard InChI is InChI=1S/C11H16FN3O4/c1-3-11(12)7(17)10(2,13)8(19-11)15-5-4-6(16)14-9(15)18/h4-5,7-8,17H,3,13H2,1-2H3,(H,14,16,18). The minimum Gasteiger partial charge on any atom is -0.385 e. The van der Waals surface area contributed by atoms with Gasteiger partial charge in [0.2, 0.25) is 5.85 Å². The number of H-pyrrole nitrogens is 1. The third kappa shape index (κ3) is 2.01. The Bertz CT molecular complexity index is 596. The maximum atomic E-state index is 14.3. The van der Waals surface area contributed by atoms with Gasteiger partial charge in [0.15, 0.2) is 6.23 Å². The first-order valence-electron chi connectivity index (χ1n) is 5.87. The van der Waals surface area contributed by atoms with Gasteiger partial charge < -0.3 is 15.6 Å². The molecule has 1 aliphatic heterocycles. The number of alkyl halides is 1. The fraction of sp³-hybridized carbons (Fsp3) is 0.636. The number of ether oxygens (including phenoxy) is 1. The predicted octanol–water partition coefficient (Wildman–Crippen LogP) is -0.780. The van der Waals surface area contributed by atoms with Gasteiger partial charge in [0, 0.05) is 18.7 Å². The molecule has 19 heavy (non-hydrogen) atoms. The second kappa shape index (κ2) is 4.26. The lowest BCUT2D eigenvalue weighted by Gasteiger charge is -2.28. The highest BCUT2D eigenvalue weighted by molar-refractivity contribution is 5.06. The summed E-state index contributed by atoms with van der Waals surface area (Å²) < 4.78 is 20.4. The molecular weight excluding hydrogens is 257 g/mol. The van der Waals surface area contributed by atoms with Gasteiger partial charge in [-0.15, -0.1) is 0 Å². The van der Waals surface area contributed by atoms with Crippen LogP contribution in [0.15, 0.2) is 21.9 Å². The molecule has 4 atom stereocenters. The Balaban J connectivity index is 2.51. The summed E-state index contributed by atoms with van der Waals surface area (Å²) in [6.45, 7) is 2.88. The van der Waals surface area contributed by atoms with E-state index in [0.717, 1.165) is 16.8 Å². The van der Waals surface area contributed by atoms with Gasteiger partial charge in [0.1, 0.15) is 6.10 Å². The monoisotopic (exact) mass is 273 g/mol. The molecule has 0 amide bonds. The second-order valence-electron chi connectivity index (χ2n) is 4.90. The summed E-state index contributed by atoms with van der Waals surface area (Å²) in [4.78, 5) is 24.7. The molecule has 1 aromatic heterocycles. The lowest BCUT2D eigenvalue weighted by Crippen LogP contribution is -2.55. The second-order valence-corrected chi connectivity index (χ2v) is 4.90. The van der Waals surface area contributed by atoms with Gasteiger partial charge in [-0.1, -0.05) is 6.92 Å². The van der Waals surface area contributed by atoms with E-state index in [1.54, 1.807) is 0 Å². The van der Waals surface area contributed by atoms with E-state index in [2.05, 4.69) is 0 Å². The molecule has 106 valence electrons. The molecule has 4 unspecified atom stereocenters. The predicted molar refractivity (Wildman–Crippen MR) is 64.2 cm³/mol. The van der Waals surface area contributed by atoms with E-state index in [4.69, 9.17) is 10.5 Å². The quantitative estimate of drug-likeness (QED) is 0.654. The van der Waals surface area contributed by atoms with E-state index in [1.807, 2.05) is 4.98 Å². The maximum Gasteiger partial charge on any atom is 0.330 e. The first kappa shape index (κ1) is 13.9. The van der Waals surface area contributed by atoms with Crippen LogP contribution in [0.2, 0.25) is 0 Å². The van der Waals surface area contributed by atoms with Crippen molar-refractivity contribution in [3.05, 3.63) is 33.1 Å². The molecule has 7 nitrogen and oxygen atoms in total. The van der Waals surface area contributed by atoms with Crippen molar-refractivity contribution < 1.29 is 14.2 Å². The van der Waals surface area contributed by atoms with Crippen LogP contribution in [-0.2, 0) is 4.74 Å². The molecular formula is C11H16FN3O4. The van der Waals surface area contributed by atoms with Crippen LogP contribution in [0.5, 0.6) is 0 Å². The van der Waals surface area contributed by atoms with Crippen LogP contribution in [0, 0.1) is 0 Å². The van der Waals surface area contributed by atoms with Crippen LogP contribution in [0.25, 0.3) is 0 Å². The molecule has 0 aromatic carbocycles. The van der Waals surface area contributed by atoms with Gasteiger partial charge in [0.25, 0.3) is 5.56 Å². The van der Waals surface area contributed by atoms with Gasteiger partial charge >= 0.3 is 5.69 Å². The van der Waals surface area contributed by atoms with E-state index in [9.17, 15) is 19.1 Å². The SMILES string of the molecule is CCC1(F)OC(n2ccc(=O)[nH]c2=O)C(C)(N)C1O. The van der Waals surface area contributed by atoms with Gasteiger partial charge in [-0.25, -0.2) is 9.18 Å². The molecule has 0 radical (unpaired) electrons. The Kier molecular flexibility index (Phi) is 3.12. The van der Waals surface area contributed by atoms with Crippen LogP contribution in [0.3, 0.4) is 0 Å². The third-order valence-electron chi connectivity index (χ3n) is 3.42. The fourth-order valence-corrected chi connectivity index (χ4v) is 2.22. The van der Waals surface area contributed by atoms with Crippen LogP contribution >= 0.6 is 0 Å². The van der Waals surface area contributed by atoms with Crippen LogP contribution < -0.4 is 17.0 Å². The van der Waals surface area contributed by atoms with E-state index < -0.39 is 35.0 Å². The Labute approximate surface area is 107 Å². The first-order chi connectivity index (χ1) is 8.72. The molecule has 0 saturated carbocycles. The molecule has 0 bridgehead atoms. The molecule has 0 spiro atoms. The number of rotatable bonds is 2. The molecule has 1 fully saturated rings. The van der Waals surface area contributed by atoms with E-state index in [1.165, 1.54) is 13.8 Å². The van der Waals surface area contributed by atoms with Crippen molar-refractivity contribution in [1.82, 2.24) is 9.55 Å². The number of halogens is 1. The summed E-state index contributed by atoms with van der Waals surface area (Å²) in [5.74, 6) is -2.33. The number of aliphatic hydroxyl groups excluding tert-OH is 1. The smallest absolute Gasteiger partial charge is 0.330 e. The molecule has 2 rings (SSSR count). The van der Waals surface area contributed by atoms with Gasteiger partial charge in [-0.05, 0) is 6.92 Å². The maximum absolute atomic E-state index is 14.3. The highest BCUT2D eigenvalue weighted by Crippen LogP contribution is 2.44. The molecule has 1 aliphatic rings. The highest BCUT2D eigenvalue weighted by Gasteiger charge is 2.60. The molecule has 1 aromatic rings. The van der Waals surface area contributed by atoms with Crippen molar-refractivity contribution in [2.24, 2.45) is 5.73 Å². The average Bonchev–Trinajstić information content (AvgIpc) is 2.51. The molecule has 2 heterocycles. The Morgan fingerprint density at radius 2 is 2.26 bits per heavy atom. The van der Waals surface area contributed by atoms with Crippen LogP contribution in [-0.4, -0.2) is 32.2 Å². The van der Waals surface area contributed by atoms with Gasteiger partial charge in [-0.3, -0.25) is 14.3 Å². The Morgan fingerprint density at radius 1 is 1.63 bits per heavy atom. The van der Waals surface area contributed by atoms with E-state index in [0.29, 0.717) is 0 Å². The van der Waals surface area contributed by atoms with E-state index >= 15 is 0 Å². The average molecular weight is 273 g/mol. The minimum absolute atomic E-state index is 0.116. The Morgan fingerprint density at radius 3 is 2.74 bits per heavy atom. The number of hydrogen-bond acceptors (Lipinski definition) is 5. The zero-order valence-electron chi connectivity index (χ0n) is 10.6. The first-order valence-corrected chi connectivity index (χ1v) is 5.87. The lowest BCUT2D eigenvalue weighted by molar-refractivity contribution is -0.188. The van der Waals surface area contributed by atoms with Crippen molar-refractivity contribution >= 4 is 0 Å². The van der Waals surface area contributed by atoms with Gasteiger partial charge in [-0.2, -0.15) is 0 Å². The largest absolute Gasteiger partial charge is 0.385 e. The number of aliphatic hydroxyl groups is 1. The number of nitrogens with zero attached hydrogens (tertiary/aromatic N) is 1.